The molecule has 0 aromatic heterocycles. The number of rotatable bonds is 5. The van der Waals surface area contributed by atoms with Crippen molar-refractivity contribution < 1.29 is 22.6 Å². The van der Waals surface area contributed by atoms with Crippen molar-refractivity contribution in [3.8, 4) is 11.5 Å². The summed E-state index contributed by atoms with van der Waals surface area (Å²) < 4.78 is 45.6. The molecule has 0 radical (unpaired) electrons. The second-order valence-corrected chi connectivity index (χ2v) is 5.04. The molecule has 2 aromatic carbocycles. The molecule has 0 N–H and O–H groups in total. The average Bonchev–Trinajstić information content (AvgIpc) is 2.47. The number of para-hydroxylation sites is 1. The van der Waals surface area contributed by atoms with E-state index in [1.807, 2.05) is 24.3 Å². The predicted molar refractivity (Wildman–Crippen MR) is 78.2 cm³/mol. The highest BCUT2D eigenvalue weighted by Crippen LogP contribution is 2.29. The molecule has 0 spiro atoms. The van der Waals surface area contributed by atoms with Crippen molar-refractivity contribution in [2.24, 2.45) is 0 Å². The zero-order valence-electron chi connectivity index (χ0n) is 12.4. The topological polar surface area (TPSA) is 18.5 Å². The minimum Gasteiger partial charge on any atom is -0.496 e. The minimum absolute atomic E-state index is 0.186. The standard InChI is InChI=1S/C17H17F3O2/c1-12(15-5-3-4-6-16(15)21-2)11-13-7-9-14(10-8-13)22-17(18,19)20/h3-10,12H,11H2,1-2H3/t12-/m0/s1. The normalized spacial score (nSPS) is 12.8. The molecule has 22 heavy (non-hydrogen) atoms. The summed E-state index contributed by atoms with van der Waals surface area (Å²) in [4.78, 5) is 0. The molecule has 5 heteroatoms. The van der Waals surface area contributed by atoms with Crippen LogP contribution in [0, 0.1) is 0 Å². The van der Waals surface area contributed by atoms with Gasteiger partial charge in [0.05, 0.1) is 7.11 Å². The molecule has 2 nitrogen and oxygen atoms in total. The van der Waals surface area contributed by atoms with E-state index in [-0.39, 0.29) is 11.7 Å². The van der Waals surface area contributed by atoms with Crippen molar-refractivity contribution >= 4 is 0 Å². The third-order valence-corrected chi connectivity index (χ3v) is 3.37. The first-order valence-corrected chi connectivity index (χ1v) is 6.86. The molecule has 0 aliphatic heterocycles. The third kappa shape index (κ3) is 4.41. The highest BCUT2D eigenvalue weighted by atomic mass is 19.4. The van der Waals surface area contributed by atoms with Gasteiger partial charge in [-0.15, -0.1) is 13.2 Å². The highest BCUT2D eigenvalue weighted by Gasteiger charge is 2.30. The fourth-order valence-electron chi connectivity index (χ4n) is 2.36. The Morgan fingerprint density at radius 3 is 2.23 bits per heavy atom. The number of ether oxygens (including phenoxy) is 2. The van der Waals surface area contributed by atoms with Gasteiger partial charge in [-0.05, 0) is 41.7 Å². The smallest absolute Gasteiger partial charge is 0.496 e. The number of methoxy groups -OCH3 is 1. The van der Waals surface area contributed by atoms with Gasteiger partial charge in [0, 0.05) is 0 Å². The largest absolute Gasteiger partial charge is 0.573 e. The number of hydrogen-bond acceptors (Lipinski definition) is 2. The Kier molecular flexibility index (Phi) is 4.96. The van der Waals surface area contributed by atoms with E-state index in [0.717, 1.165) is 16.9 Å². The number of halogens is 3. The quantitative estimate of drug-likeness (QED) is 0.779. The van der Waals surface area contributed by atoms with Gasteiger partial charge >= 0.3 is 6.36 Å². The fourth-order valence-corrected chi connectivity index (χ4v) is 2.36. The van der Waals surface area contributed by atoms with E-state index >= 15 is 0 Å². The summed E-state index contributed by atoms with van der Waals surface area (Å²) in [5.74, 6) is 0.791. The highest BCUT2D eigenvalue weighted by molar-refractivity contribution is 5.37. The van der Waals surface area contributed by atoms with Crippen LogP contribution in [0.1, 0.15) is 24.0 Å². The Morgan fingerprint density at radius 2 is 1.64 bits per heavy atom. The van der Waals surface area contributed by atoms with Gasteiger partial charge in [-0.2, -0.15) is 0 Å². The monoisotopic (exact) mass is 310 g/mol. The van der Waals surface area contributed by atoms with Gasteiger partial charge in [0.15, 0.2) is 0 Å². The van der Waals surface area contributed by atoms with Gasteiger partial charge < -0.3 is 9.47 Å². The third-order valence-electron chi connectivity index (χ3n) is 3.37. The van der Waals surface area contributed by atoms with Crippen LogP contribution in [-0.4, -0.2) is 13.5 Å². The number of alkyl halides is 3. The van der Waals surface area contributed by atoms with Gasteiger partial charge in [0.1, 0.15) is 11.5 Å². The van der Waals surface area contributed by atoms with E-state index in [9.17, 15) is 13.2 Å². The van der Waals surface area contributed by atoms with Crippen LogP contribution in [0.15, 0.2) is 48.5 Å². The number of benzene rings is 2. The van der Waals surface area contributed by atoms with Crippen LogP contribution in [-0.2, 0) is 6.42 Å². The Bertz CT molecular complexity index is 606. The lowest BCUT2D eigenvalue weighted by Gasteiger charge is -2.16. The summed E-state index contributed by atoms with van der Waals surface area (Å²) in [6, 6.07) is 13.7. The molecular weight excluding hydrogens is 293 g/mol. The molecule has 1 atom stereocenters. The maximum atomic E-state index is 12.1. The lowest BCUT2D eigenvalue weighted by atomic mass is 9.93. The maximum Gasteiger partial charge on any atom is 0.573 e. The van der Waals surface area contributed by atoms with Gasteiger partial charge in [0.2, 0.25) is 0 Å². The zero-order chi connectivity index (χ0) is 16.2. The minimum atomic E-state index is -4.66. The van der Waals surface area contributed by atoms with Gasteiger partial charge in [-0.25, -0.2) is 0 Å². The van der Waals surface area contributed by atoms with Crippen molar-refractivity contribution in [2.45, 2.75) is 25.6 Å². The molecule has 0 aliphatic rings. The van der Waals surface area contributed by atoms with E-state index in [2.05, 4.69) is 11.7 Å². The van der Waals surface area contributed by atoms with Crippen LogP contribution >= 0.6 is 0 Å². The van der Waals surface area contributed by atoms with E-state index in [0.29, 0.717) is 6.42 Å². The van der Waals surface area contributed by atoms with Crippen molar-refractivity contribution in [3.63, 3.8) is 0 Å². The molecule has 0 aliphatic carbocycles. The Hall–Kier alpha value is -2.17. The summed E-state index contributed by atoms with van der Waals surface area (Å²) in [7, 11) is 1.62. The lowest BCUT2D eigenvalue weighted by Crippen LogP contribution is -2.17. The van der Waals surface area contributed by atoms with Crippen LogP contribution in [0.3, 0.4) is 0 Å². The summed E-state index contributed by atoms with van der Waals surface area (Å²) in [6.45, 7) is 2.05. The predicted octanol–water partition coefficient (Wildman–Crippen LogP) is 4.94. The van der Waals surface area contributed by atoms with Crippen LogP contribution in [0.4, 0.5) is 13.2 Å². The maximum absolute atomic E-state index is 12.1. The summed E-state index contributed by atoms with van der Waals surface area (Å²) >= 11 is 0. The molecule has 0 saturated carbocycles. The van der Waals surface area contributed by atoms with Crippen molar-refractivity contribution in [3.05, 3.63) is 59.7 Å². The molecule has 118 valence electrons. The van der Waals surface area contributed by atoms with Crippen molar-refractivity contribution in [1.82, 2.24) is 0 Å². The summed E-state index contributed by atoms with van der Waals surface area (Å²) in [5, 5.41) is 0. The first-order valence-electron chi connectivity index (χ1n) is 6.86. The van der Waals surface area contributed by atoms with Gasteiger partial charge in [-0.3, -0.25) is 0 Å². The van der Waals surface area contributed by atoms with Gasteiger partial charge in [-0.1, -0.05) is 37.3 Å². The van der Waals surface area contributed by atoms with E-state index in [4.69, 9.17) is 4.74 Å². The van der Waals surface area contributed by atoms with Crippen LogP contribution in [0.5, 0.6) is 11.5 Å². The van der Waals surface area contributed by atoms with Gasteiger partial charge in [0.25, 0.3) is 0 Å². The molecule has 2 rings (SSSR count). The Labute approximate surface area is 127 Å². The molecular formula is C17H17F3O2. The molecule has 0 amide bonds. The summed E-state index contributed by atoms with van der Waals surface area (Å²) in [5.41, 5.74) is 2.01. The molecule has 0 fully saturated rings. The molecule has 0 heterocycles. The Balaban J connectivity index is 2.07. The van der Waals surface area contributed by atoms with Crippen LogP contribution < -0.4 is 9.47 Å². The first-order chi connectivity index (χ1) is 10.4. The lowest BCUT2D eigenvalue weighted by molar-refractivity contribution is -0.274. The van der Waals surface area contributed by atoms with E-state index in [1.165, 1.54) is 12.1 Å². The average molecular weight is 310 g/mol. The van der Waals surface area contributed by atoms with E-state index in [1.54, 1.807) is 19.2 Å². The zero-order valence-corrected chi connectivity index (χ0v) is 12.4. The second kappa shape index (κ2) is 6.73. The fraction of sp³-hybridized carbons (Fsp3) is 0.294. The van der Waals surface area contributed by atoms with Crippen molar-refractivity contribution in [2.75, 3.05) is 7.11 Å². The van der Waals surface area contributed by atoms with E-state index < -0.39 is 6.36 Å². The summed E-state index contributed by atoms with van der Waals surface area (Å²) in [6.07, 6.45) is -3.96. The second-order valence-electron chi connectivity index (χ2n) is 5.04. The molecule has 2 aromatic rings. The van der Waals surface area contributed by atoms with Crippen molar-refractivity contribution in [1.29, 1.82) is 0 Å². The number of hydrogen-bond donors (Lipinski definition) is 0. The first kappa shape index (κ1) is 16.2. The van der Waals surface area contributed by atoms with Crippen LogP contribution in [0.2, 0.25) is 0 Å². The SMILES string of the molecule is COc1ccccc1[C@@H](C)Cc1ccc(OC(F)(F)F)cc1. The molecule has 0 unspecified atom stereocenters. The Morgan fingerprint density at radius 1 is 1.00 bits per heavy atom. The van der Waals surface area contributed by atoms with Crippen LogP contribution in [0.25, 0.3) is 0 Å². The molecule has 0 saturated heterocycles. The molecule has 0 bridgehead atoms.